The van der Waals surface area contributed by atoms with Gasteiger partial charge < -0.3 is 19.6 Å². The Kier molecular flexibility index (Phi) is 5.47. The molecular formula is C24H24N6O3. The lowest BCUT2D eigenvalue weighted by atomic mass is 9.64. The van der Waals surface area contributed by atoms with Crippen molar-refractivity contribution in [1.29, 1.82) is 0 Å². The topological polar surface area (TPSA) is 122 Å². The van der Waals surface area contributed by atoms with E-state index in [0.29, 0.717) is 24.5 Å². The molecule has 0 bridgehead atoms. The standard InChI is InChI=1S/C24H24N6O3/c1-32-13-12-30-11-2-4-19(21(30)31)20-28-22(29-33-20)24(9-3-10-24)18-7-5-16(6-8-18)17-14-26-23(25)27-15-17/h2,4-8,11,14-15H,3,9-10,12-13H2,1H3,(H2,25,26,27). The first-order chi connectivity index (χ1) is 16.1. The highest BCUT2D eigenvalue weighted by molar-refractivity contribution is 5.63. The maximum atomic E-state index is 12.8. The van der Waals surface area contributed by atoms with Gasteiger partial charge in [-0.2, -0.15) is 4.98 Å². The van der Waals surface area contributed by atoms with E-state index in [9.17, 15) is 4.79 Å². The van der Waals surface area contributed by atoms with Crippen LogP contribution < -0.4 is 11.3 Å². The Morgan fingerprint density at radius 1 is 1.12 bits per heavy atom. The summed E-state index contributed by atoms with van der Waals surface area (Å²) in [6.07, 6.45) is 8.06. The molecule has 1 saturated carbocycles. The Bertz CT molecular complexity index is 1310. The summed E-state index contributed by atoms with van der Waals surface area (Å²) in [6.45, 7) is 0.902. The molecule has 168 valence electrons. The summed E-state index contributed by atoms with van der Waals surface area (Å²) in [7, 11) is 1.60. The van der Waals surface area contributed by atoms with E-state index < -0.39 is 0 Å². The van der Waals surface area contributed by atoms with E-state index in [1.807, 2.05) is 12.1 Å². The summed E-state index contributed by atoms with van der Waals surface area (Å²) in [6, 6.07) is 11.8. The molecule has 33 heavy (non-hydrogen) atoms. The largest absolute Gasteiger partial charge is 0.383 e. The van der Waals surface area contributed by atoms with Gasteiger partial charge in [0.05, 0.1) is 12.0 Å². The first-order valence-corrected chi connectivity index (χ1v) is 10.8. The zero-order valence-corrected chi connectivity index (χ0v) is 18.3. The Morgan fingerprint density at radius 2 is 1.88 bits per heavy atom. The minimum Gasteiger partial charge on any atom is -0.383 e. The number of nitrogens with zero attached hydrogens (tertiary/aromatic N) is 5. The maximum absolute atomic E-state index is 12.8. The number of rotatable bonds is 7. The number of benzene rings is 1. The van der Waals surface area contributed by atoms with Crippen molar-refractivity contribution in [3.05, 3.63) is 76.7 Å². The quantitative estimate of drug-likeness (QED) is 0.461. The average molecular weight is 444 g/mol. The third-order valence-electron chi connectivity index (χ3n) is 6.29. The highest BCUT2D eigenvalue weighted by Crippen LogP contribution is 2.48. The number of nitrogen functional groups attached to an aromatic ring is 1. The molecule has 0 atom stereocenters. The lowest BCUT2D eigenvalue weighted by Crippen LogP contribution is -2.36. The SMILES string of the molecule is COCCn1cccc(-c2nc(C3(c4ccc(-c5cnc(N)nc5)cc4)CCC3)no2)c1=O. The molecule has 5 rings (SSSR count). The van der Waals surface area contributed by atoms with E-state index in [0.717, 1.165) is 36.0 Å². The number of anilines is 1. The van der Waals surface area contributed by atoms with E-state index in [1.54, 1.807) is 42.4 Å². The number of nitrogens with two attached hydrogens (primary N) is 1. The monoisotopic (exact) mass is 444 g/mol. The fourth-order valence-electron chi connectivity index (χ4n) is 4.23. The molecule has 0 unspecified atom stereocenters. The summed E-state index contributed by atoms with van der Waals surface area (Å²) >= 11 is 0. The van der Waals surface area contributed by atoms with Crippen LogP contribution in [0.2, 0.25) is 0 Å². The van der Waals surface area contributed by atoms with E-state index in [4.69, 9.17) is 15.0 Å². The van der Waals surface area contributed by atoms with Gasteiger partial charge in [0.1, 0.15) is 5.56 Å². The summed E-state index contributed by atoms with van der Waals surface area (Å²) in [5, 5.41) is 4.29. The van der Waals surface area contributed by atoms with Crippen LogP contribution >= 0.6 is 0 Å². The molecule has 0 saturated heterocycles. The van der Waals surface area contributed by atoms with Gasteiger partial charge >= 0.3 is 0 Å². The molecule has 1 aliphatic carbocycles. The van der Waals surface area contributed by atoms with Crippen LogP contribution in [0, 0.1) is 0 Å². The lowest BCUT2D eigenvalue weighted by Gasteiger charge is -2.39. The summed E-state index contributed by atoms with van der Waals surface area (Å²) < 4.78 is 12.2. The van der Waals surface area contributed by atoms with Crippen molar-refractivity contribution in [2.24, 2.45) is 0 Å². The zero-order valence-electron chi connectivity index (χ0n) is 18.3. The number of hydrogen-bond donors (Lipinski definition) is 1. The molecule has 1 fully saturated rings. The molecule has 1 aliphatic rings. The zero-order chi connectivity index (χ0) is 22.8. The Balaban J connectivity index is 1.45. The van der Waals surface area contributed by atoms with Crippen LogP contribution in [0.3, 0.4) is 0 Å². The molecule has 2 N–H and O–H groups in total. The Morgan fingerprint density at radius 3 is 2.55 bits per heavy atom. The van der Waals surface area contributed by atoms with Crippen molar-refractivity contribution >= 4 is 5.95 Å². The summed E-state index contributed by atoms with van der Waals surface area (Å²) in [4.78, 5) is 25.6. The number of pyridine rings is 1. The van der Waals surface area contributed by atoms with E-state index in [-0.39, 0.29) is 22.8 Å². The van der Waals surface area contributed by atoms with Crippen LogP contribution in [0.5, 0.6) is 0 Å². The van der Waals surface area contributed by atoms with E-state index in [1.165, 1.54) is 0 Å². The normalized spacial score (nSPS) is 14.7. The third kappa shape index (κ3) is 3.80. The van der Waals surface area contributed by atoms with Crippen molar-refractivity contribution < 1.29 is 9.26 Å². The molecule has 3 heterocycles. The van der Waals surface area contributed by atoms with Crippen molar-refractivity contribution in [2.75, 3.05) is 19.5 Å². The molecule has 0 amide bonds. The minimum atomic E-state index is -0.318. The molecular weight excluding hydrogens is 420 g/mol. The number of hydrogen-bond acceptors (Lipinski definition) is 8. The minimum absolute atomic E-state index is 0.178. The lowest BCUT2D eigenvalue weighted by molar-refractivity contribution is 0.186. The highest BCUT2D eigenvalue weighted by atomic mass is 16.5. The fraction of sp³-hybridized carbons (Fsp3) is 0.292. The fourth-order valence-corrected chi connectivity index (χ4v) is 4.23. The van der Waals surface area contributed by atoms with Crippen molar-refractivity contribution in [3.8, 4) is 22.6 Å². The van der Waals surface area contributed by atoms with Crippen LogP contribution in [-0.2, 0) is 16.7 Å². The second kappa shape index (κ2) is 8.59. The van der Waals surface area contributed by atoms with E-state index in [2.05, 4.69) is 32.2 Å². The third-order valence-corrected chi connectivity index (χ3v) is 6.29. The van der Waals surface area contributed by atoms with Gasteiger partial charge in [-0.05, 0) is 36.1 Å². The Hall–Kier alpha value is -3.85. The molecule has 1 aromatic carbocycles. The van der Waals surface area contributed by atoms with Gasteiger partial charge in [-0.25, -0.2) is 9.97 Å². The Labute approximate surface area is 190 Å². The van der Waals surface area contributed by atoms with Gasteiger partial charge in [0.15, 0.2) is 5.82 Å². The summed E-state index contributed by atoms with van der Waals surface area (Å²) in [5.74, 6) is 1.10. The van der Waals surface area contributed by atoms with Gasteiger partial charge in [0, 0.05) is 37.8 Å². The first-order valence-electron chi connectivity index (χ1n) is 10.8. The smallest absolute Gasteiger partial charge is 0.263 e. The van der Waals surface area contributed by atoms with Crippen LogP contribution in [0.4, 0.5) is 5.95 Å². The van der Waals surface area contributed by atoms with Gasteiger partial charge in [0.25, 0.3) is 11.4 Å². The molecule has 0 aliphatic heterocycles. The van der Waals surface area contributed by atoms with Gasteiger partial charge in [0.2, 0.25) is 5.95 Å². The molecule has 0 radical (unpaired) electrons. The molecule has 9 nitrogen and oxygen atoms in total. The molecule has 4 aromatic rings. The van der Waals surface area contributed by atoms with Crippen LogP contribution in [-0.4, -0.2) is 38.4 Å². The van der Waals surface area contributed by atoms with Crippen molar-refractivity contribution in [2.45, 2.75) is 31.2 Å². The van der Waals surface area contributed by atoms with Gasteiger partial charge in [-0.15, -0.1) is 0 Å². The highest BCUT2D eigenvalue weighted by Gasteiger charge is 2.44. The second-order valence-corrected chi connectivity index (χ2v) is 8.18. The first kappa shape index (κ1) is 21.0. The van der Waals surface area contributed by atoms with Crippen molar-refractivity contribution in [1.82, 2.24) is 24.7 Å². The summed E-state index contributed by atoms with van der Waals surface area (Å²) in [5.41, 5.74) is 8.50. The molecule has 3 aromatic heterocycles. The predicted molar refractivity (Wildman–Crippen MR) is 122 cm³/mol. The average Bonchev–Trinajstić information content (AvgIpc) is 3.29. The molecule has 9 heteroatoms. The van der Waals surface area contributed by atoms with Gasteiger partial charge in [-0.1, -0.05) is 35.8 Å². The number of aromatic nitrogens is 5. The maximum Gasteiger partial charge on any atom is 0.263 e. The van der Waals surface area contributed by atoms with Gasteiger partial charge in [-0.3, -0.25) is 4.79 Å². The number of ether oxygens (including phenoxy) is 1. The van der Waals surface area contributed by atoms with Crippen molar-refractivity contribution in [3.63, 3.8) is 0 Å². The van der Waals surface area contributed by atoms with Crippen LogP contribution in [0.15, 0.2) is 64.3 Å². The number of methoxy groups -OCH3 is 1. The molecule has 0 spiro atoms. The predicted octanol–water partition coefficient (Wildman–Crippen LogP) is 3.05. The van der Waals surface area contributed by atoms with E-state index >= 15 is 0 Å². The van der Waals surface area contributed by atoms with Crippen LogP contribution in [0.25, 0.3) is 22.6 Å². The van der Waals surface area contributed by atoms with Crippen LogP contribution in [0.1, 0.15) is 30.7 Å². The second-order valence-electron chi connectivity index (χ2n) is 8.18.